The van der Waals surface area contributed by atoms with E-state index in [9.17, 15) is 14.7 Å². The van der Waals surface area contributed by atoms with Crippen molar-refractivity contribution in [1.82, 2.24) is 0 Å². The zero-order valence-corrected chi connectivity index (χ0v) is 15.9. The first-order valence-corrected chi connectivity index (χ1v) is 9.81. The number of thiophene rings is 1. The Labute approximate surface area is 162 Å². The monoisotopic (exact) mass is 389 g/mol. The summed E-state index contributed by atoms with van der Waals surface area (Å²) >= 11 is 1.20. The van der Waals surface area contributed by atoms with Crippen molar-refractivity contribution in [3.05, 3.63) is 51.7 Å². The van der Waals surface area contributed by atoms with Crippen molar-refractivity contribution in [2.75, 3.05) is 11.5 Å². The van der Waals surface area contributed by atoms with Crippen LogP contribution in [0.25, 0.3) is 0 Å². The number of carboxylic acid groups (broad SMARTS) is 1. The quantitative estimate of drug-likeness (QED) is 0.720. The van der Waals surface area contributed by atoms with E-state index in [2.05, 4.69) is 0 Å². The van der Waals surface area contributed by atoms with E-state index in [0.29, 0.717) is 30.9 Å². The van der Waals surface area contributed by atoms with E-state index in [4.69, 9.17) is 9.84 Å². The molecule has 2 N–H and O–H groups in total. The number of carbonyl (C=O) groups is 2. The highest BCUT2D eigenvalue weighted by Gasteiger charge is 2.32. The van der Waals surface area contributed by atoms with Crippen LogP contribution in [0, 0.1) is 0 Å². The van der Waals surface area contributed by atoms with Gasteiger partial charge in [0.1, 0.15) is 4.88 Å². The van der Waals surface area contributed by atoms with Gasteiger partial charge in [0.15, 0.2) is 0 Å². The molecule has 2 heterocycles. The minimum Gasteiger partial charge on any atom is -0.477 e. The van der Waals surface area contributed by atoms with Crippen molar-refractivity contribution < 1.29 is 24.5 Å². The Morgan fingerprint density at radius 1 is 1.30 bits per heavy atom. The molecule has 6 nitrogen and oxygen atoms in total. The van der Waals surface area contributed by atoms with Crippen molar-refractivity contribution in [2.24, 2.45) is 0 Å². The molecule has 0 radical (unpaired) electrons. The van der Waals surface area contributed by atoms with Gasteiger partial charge < -0.3 is 19.8 Å². The molecule has 0 aliphatic carbocycles. The molecule has 27 heavy (non-hydrogen) atoms. The van der Waals surface area contributed by atoms with E-state index in [1.807, 2.05) is 31.2 Å². The number of carbonyl (C=O) groups excluding carboxylic acids is 1. The number of benzene rings is 1. The van der Waals surface area contributed by atoms with Crippen LogP contribution in [0.3, 0.4) is 0 Å². The summed E-state index contributed by atoms with van der Waals surface area (Å²) < 4.78 is 5.76. The molecule has 1 unspecified atom stereocenters. The summed E-state index contributed by atoms with van der Waals surface area (Å²) in [4.78, 5) is 26.2. The lowest BCUT2D eigenvalue weighted by atomic mass is 10.1. The number of nitrogens with zero attached hydrogens (tertiary/aromatic N) is 1. The van der Waals surface area contributed by atoms with Crippen LogP contribution in [-0.2, 0) is 16.1 Å². The molecule has 1 aliphatic rings. The van der Waals surface area contributed by atoms with Crippen LogP contribution in [0.2, 0.25) is 0 Å². The summed E-state index contributed by atoms with van der Waals surface area (Å²) in [6.07, 6.45) is 1.36. The molecule has 1 fully saturated rings. The SMILES string of the molecule is CC[C@@H](O)c1ccc(N2C(=O)CCC2COCc2ccc(C(=O)O)s2)cc1. The Kier molecular flexibility index (Phi) is 6.26. The maximum absolute atomic E-state index is 12.3. The molecule has 1 aromatic carbocycles. The minimum atomic E-state index is -0.935. The van der Waals surface area contributed by atoms with Gasteiger partial charge in [0, 0.05) is 17.0 Å². The summed E-state index contributed by atoms with van der Waals surface area (Å²) in [7, 11) is 0. The van der Waals surface area contributed by atoms with E-state index >= 15 is 0 Å². The second-order valence-electron chi connectivity index (χ2n) is 6.56. The molecule has 0 spiro atoms. The van der Waals surface area contributed by atoms with Crippen molar-refractivity contribution >= 4 is 28.9 Å². The number of aromatic carboxylic acids is 1. The van der Waals surface area contributed by atoms with E-state index < -0.39 is 12.1 Å². The largest absolute Gasteiger partial charge is 0.477 e. The first-order chi connectivity index (χ1) is 13.0. The van der Waals surface area contributed by atoms with Gasteiger partial charge >= 0.3 is 5.97 Å². The molecule has 0 bridgehead atoms. The van der Waals surface area contributed by atoms with E-state index in [0.717, 1.165) is 22.5 Å². The highest BCUT2D eigenvalue weighted by atomic mass is 32.1. The molecule has 0 saturated carbocycles. The highest BCUT2D eigenvalue weighted by Crippen LogP contribution is 2.29. The van der Waals surface area contributed by atoms with Crippen molar-refractivity contribution in [3.8, 4) is 0 Å². The molecular weight excluding hydrogens is 366 g/mol. The lowest BCUT2D eigenvalue weighted by molar-refractivity contribution is -0.117. The third-order valence-corrected chi connectivity index (χ3v) is 5.74. The second kappa shape index (κ2) is 8.65. The molecule has 3 rings (SSSR count). The highest BCUT2D eigenvalue weighted by molar-refractivity contribution is 7.13. The minimum absolute atomic E-state index is 0.0432. The number of anilines is 1. The molecule has 2 aromatic rings. The van der Waals surface area contributed by atoms with Crippen LogP contribution >= 0.6 is 11.3 Å². The normalized spacial score (nSPS) is 18.1. The molecular formula is C20H23NO5S. The van der Waals surface area contributed by atoms with Gasteiger partial charge in [-0.1, -0.05) is 19.1 Å². The fourth-order valence-electron chi connectivity index (χ4n) is 3.21. The number of rotatable bonds is 8. The number of hydrogen-bond acceptors (Lipinski definition) is 5. The van der Waals surface area contributed by atoms with Crippen molar-refractivity contribution in [3.63, 3.8) is 0 Å². The zero-order valence-electron chi connectivity index (χ0n) is 15.1. The van der Waals surface area contributed by atoms with Crippen molar-refractivity contribution in [1.29, 1.82) is 0 Å². The maximum Gasteiger partial charge on any atom is 0.345 e. The predicted molar refractivity (Wildman–Crippen MR) is 103 cm³/mol. The number of aliphatic hydroxyl groups excluding tert-OH is 1. The zero-order chi connectivity index (χ0) is 19.4. The first-order valence-electron chi connectivity index (χ1n) is 8.99. The van der Waals surface area contributed by atoms with Crippen LogP contribution in [0.1, 0.15) is 52.4 Å². The number of amides is 1. The van der Waals surface area contributed by atoms with Gasteiger partial charge in [-0.2, -0.15) is 0 Å². The van der Waals surface area contributed by atoms with E-state index in [1.54, 1.807) is 17.0 Å². The molecule has 1 aromatic heterocycles. The van der Waals surface area contributed by atoms with Crippen molar-refractivity contribution in [2.45, 2.75) is 44.9 Å². The molecule has 2 atom stereocenters. The number of carboxylic acids is 1. The van der Waals surface area contributed by atoms with Gasteiger partial charge in [0.05, 0.1) is 25.4 Å². The van der Waals surface area contributed by atoms with Gasteiger partial charge in [-0.3, -0.25) is 4.79 Å². The van der Waals surface area contributed by atoms with Gasteiger partial charge in [-0.25, -0.2) is 4.79 Å². The van der Waals surface area contributed by atoms with Crippen LogP contribution in [0.15, 0.2) is 36.4 Å². The fraction of sp³-hybridized carbons (Fsp3) is 0.400. The molecule has 1 amide bonds. The third-order valence-electron chi connectivity index (χ3n) is 4.69. The van der Waals surface area contributed by atoms with Crippen LogP contribution in [-0.4, -0.2) is 34.7 Å². The number of hydrogen-bond donors (Lipinski definition) is 2. The topological polar surface area (TPSA) is 87.1 Å². The van der Waals surface area contributed by atoms with Crippen LogP contribution in [0.5, 0.6) is 0 Å². The average molecular weight is 389 g/mol. The Balaban J connectivity index is 1.61. The molecule has 7 heteroatoms. The summed E-state index contributed by atoms with van der Waals surface area (Å²) in [5.74, 6) is -0.868. The maximum atomic E-state index is 12.3. The van der Waals surface area contributed by atoms with Crippen LogP contribution < -0.4 is 4.90 Å². The third kappa shape index (κ3) is 4.55. The standard InChI is InChI=1S/C20H23NO5S/c1-2-17(22)13-3-5-14(6-4-13)21-15(7-10-19(21)23)11-26-12-16-8-9-18(27-16)20(24)25/h3-6,8-9,15,17,22H,2,7,10-12H2,1H3,(H,24,25)/t15?,17-/m1/s1. The lowest BCUT2D eigenvalue weighted by Gasteiger charge is -2.25. The van der Waals surface area contributed by atoms with E-state index in [1.165, 1.54) is 11.3 Å². The van der Waals surface area contributed by atoms with E-state index in [-0.39, 0.29) is 11.9 Å². The summed E-state index contributed by atoms with van der Waals surface area (Å²) in [5, 5.41) is 18.9. The Morgan fingerprint density at radius 2 is 2.04 bits per heavy atom. The summed E-state index contributed by atoms with van der Waals surface area (Å²) in [6, 6.07) is 10.7. The second-order valence-corrected chi connectivity index (χ2v) is 7.73. The summed E-state index contributed by atoms with van der Waals surface area (Å²) in [6.45, 7) is 2.65. The van der Waals surface area contributed by atoms with Gasteiger partial charge in [0.2, 0.25) is 5.91 Å². The number of ether oxygens (including phenoxy) is 1. The number of aliphatic hydroxyl groups is 1. The fourth-order valence-corrected chi connectivity index (χ4v) is 4.00. The predicted octanol–water partition coefficient (Wildman–Crippen LogP) is 3.60. The van der Waals surface area contributed by atoms with Gasteiger partial charge in [0.25, 0.3) is 0 Å². The summed E-state index contributed by atoms with van der Waals surface area (Å²) in [5.41, 5.74) is 1.65. The lowest BCUT2D eigenvalue weighted by Crippen LogP contribution is -2.36. The van der Waals surface area contributed by atoms with Crippen LogP contribution in [0.4, 0.5) is 5.69 Å². The Hall–Kier alpha value is -2.22. The average Bonchev–Trinajstić information content (AvgIpc) is 3.28. The van der Waals surface area contributed by atoms with Gasteiger partial charge in [-0.05, 0) is 42.7 Å². The molecule has 144 valence electrons. The Bertz CT molecular complexity index is 801. The molecule has 1 saturated heterocycles. The first kappa shape index (κ1) is 19.5. The smallest absolute Gasteiger partial charge is 0.345 e. The van der Waals surface area contributed by atoms with Gasteiger partial charge in [-0.15, -0.1) is 11.3 Å². The molecule has 1 aliphatic heterocycles. The Morgan fingerprint density at radius 3 is 2.67 bits per heavy atom.